The molecular formula is C14H21NO3. The van der Waals surface area contributed by atoms with E-state index in [4.69, 9.17) is 9.47 Å². The van der Waals surface area contributed by atoms with Gasteiger partial charge >= 0.3 is 5.97 Å². The van der Waals surface area contributed by atoms with Crippen molar-refractivity contribution in [2.75, 3.05) is 13.7 Å². The average Bonchev–Trinajstić information content (AvgIpc) is 2.33. The molecular weight excluding hydrogens is 230 g/mol. The molecule has 0 bridgehead atoms. The van der Waals surface area contributed by atoms with Crippen LogP contribution in [0.4, 0.5) is 0 Å². The van der Waals surface area contributed by atoms with Crippen LogP contribution in [-0.2, 0) is 9.53 Å². The standard InChI is InChI=1S/C14H21NO3/c1-10(2)15-13(14(16)17-4)9-18-12-7-5-6-11(3)8-12/h5-8,10,13,15H,9H2,1-4H3. The minimum Gasteiger partial charge on any atom is -0.491 e. The molecule has 4 nitrogen and oxygen atoms in total. The van der Waals surface area contributed by atoms with Crippen LogP contribution in [-0.4, -0.2) is 31.8 Å². The molecule has 100 valence electrons. The maximum atomic E-state index is 11.6. The minimum atomic E-state index is -0.449. The van der Waals surface area contributed by atoms with E-state index in [1.54, 1.807) is 0 Å². The Morgan fingerprint density at radius 3 is 2.67 bits per heavy atom. The average molecular weight is 251 g/mol. The molecule has 0 amide bonds. The summed E-state index contributed by atoms with van der Waals surface area (Å²) < 4.78 is 10.4. The molecule has 18 heavy (non-hydrogen) atoms. The van der Waals surface area contributed by atoms with Crippen LogP contribution in [0.1, 0.15) is 19.4 Å². The second kappa shape index (κ2) is 7.01. The van der Waals surface area contributed by atoms with Gasteiger partial charge in [-0.05, 0) is 24.6 Å². The summed E-state index contributed by atoms with van der Waals surface area (Å²) in [4.78, 5) is 11.6. The topological polar surface area (TPSA) is 47.6 Å². The molecule has 0 fully saturated rings. The van der Waals surface area contributed by atoms with Gasteiger partial charge in [-0.1, -0.05) is 26.0 Å². The van der Waals surface area contributed by atoms with Crippen molar-refractivity contribution in [3.05, 3.63) is 29.8 Å². The van der Waals surface area contributed by atoms with Crippen molar-refractivity contribution in [1.29, 1.82) is 0 Å². The summed E-state index contributed by atoms with van der Waals surface area (Å²) in [5.74, 6) is 0.450. The summed E-state index contributed by atoms with van der Waals surface area (Å²) in [6.45, 7) is 6.20. The molecule has 1 aromatic carbocycles. The Morgan fingerprint density at radius 1 is 1.39 bits per heavy atom. The minimum absolute atomic E-state index is 0.190. The van der Waals surface area contributed by atoms with Gasteiger partial charge in [0.05, 0.1) is 7.11 Å². The Kier molecular flexibility index (Phi) is 5.65. The van der Waals surface area contributed by atoms with Gasteiger partial charge in [0.1, 0.15) is 18.4 Å². The molecule has 0 saturated heterocycles. The fourth-order valence-corrected chi connectivity index (χ4v) is 1.61. The smallest absolute Gasteiger partial charge is 0.326 e. The van der Waals surface area contributed by atoms with E-state index in [0.717, 1.165) is 11.3 Å². The third-order valence-corrected chi connectivity index (χ3v) is 2.43. The number of nitrogens with one attached hydrogen (secondary N) is 1. The lowest BCUT2D eigenvalue weighted by Crippen LogP contribution is -2.45. The third-order valence-electron chi connectivity index (χ3n) is 2.43. The van der Waals surface area contributed by atoms with E-state index in [1.165, 1.54) is 7.11 Å². The maximum absolute atomic E-state index is 11.6. The molecule has 1 N–H and O–H groups in total. The van der Waals surface area contributed by atoms with Crippen molar-refractivity contribution >= 4 is 5.97 Å². The number of benzene rings is 1. The van der Waals surface area contributed by atoms with Crippen LogP contribution in [0.15, 0.2) is 24.3 Å². The van der Waals surface area contributed by atoms with E-state index in [0.29, 0.717) is 0 Å². The van der Waals surface area contributed by atoms with E-state index < -0.39 is 6.04 Å². The van der Waals surface area contributed by atoms with E-state index >= 15 is 0 Å². The van der Waals surface area contributed by atoms with Crippen LogP contribution in [0.3, 0.4) is 0 Å². The summed E-state index contributed by atoms with van der Waals surface area (Å²) in [5.41, 5.74) is 1.12. The van der Waals surface area contributed by atoms with Crippen LogP contribution in [0, 0.1) is 6.92 Å². The molecule has 1 unspecified atom stereocenters. The van der Waals surface area contributed by atoms with Crippen LogP contribution in [0.2, 0.25) is 0 Å². The number of hydrogen-bond donors (Lipinski definition) is 1. The summed E-state index contributed by atoms with van der Waals surface area (Å²) in [5, 5.41) is 3.12. The second-order valence-electron chi connectivity index (χ2n) is 4.52. The lowest BCUT2D eigenvalue weighted by molar-refractivity contribution is -0.144. The van der Waals surface area contributed by atoms with Crippen LogP contribution in [0.5, 0.6) is 5.75 Å². The van der Waals surface area contributed by atoms with Gasteiger partial charge < -0.3 is 9.47 Å². The molecule has 1 aromatic rings. The molecule has 1 atom stereocenters. The summed E-state index contributed by atoms with van der Waals surface area (Å²) in [7, 11) is 1.38. The SMILES string of the molecule is COC(=O)C(COc1cccc(C)c1)NC(C)C. The van der Waals surface area contributed by atoms with Crippen molar-refractivity contribution in [3.63, 3.8) is 0 Å². The second-order valence-corrected chi connectivity index (χ2v) is 4.52. The molecule has 0 aliphatic rings. The van der Waals surface area contributed by atoms with Crippen molar-refractivity contribution < 1.29 is 14.3 Å². The summed E-state index contributed by atoms with van der Waals surface area (Å²) in [6.07, 6.45) is 0. The first-order valence-electron chi connectivity index (χ1n) is 6.06. The maximum Gasteiger partial charge on any atom is 0.326 e. The Labute approximate surface area is 108 Å². The molecule has 0 aliphatic carbocycles. The quantitative estimate of drug-likeness (QED) is 0.785. The van der Waals surface area contributed by atoms with Gasteiger partial charge in [0.25, 0.3) is 0 Å². The number of aryl methyl sites for hydroxylation is 1. The Balaban J connectivity index is 2.58. The summed E-state index contributed by atoms with van der Waals surface area (Å²) in [6, 6.07) is 7.47. The van der Waals surface area contributed by atoms with Gasteiger partial charge in [-0.2, -0.15) is 0 Å². The molecule has 0 aliphatic heterocycles. The number of ether oxygens (including phenoxy) is 2. The molecule has 0 spiro atoms. The van der Waals surface area contributed by atoms with Gasteiger partial charge in [-0.25, -0.2) is 0 Å². The zero-order chi connectivity index (χ0) is 13.5. The molecule has 0 saturated carbocycles. The number of esters is 1. The molecule has 0 aromatic heterocycles. The molecule has 4 heteroatoms. The summed E-state index contributed by atoms with van der Waals surface area (Å²) >= 11 is 0. The number of hydrogen-bond acceptors (Lipinski definition) is 4. The number of rotatable bonds is 6. The lowest BCUT2D eigenvalue weighted by atomic mass is 10.2. The Bertz CT molecular complexity index is 390. The van der Waals surface area contributed by atoms with E-state index in [2.05, 4.69) is 5.32 Å². The van der Waals surface area contributed by atoms with Gasteiger partial charge in [-0.3, -0.25) is 10.1 Å². The van der Waals surface area contributed by atoms with Gasteiger partial charge in [-0.15, -0.1) is 0 Å². The predicted molar refractivity (Wildman–Crippen MR) is 70.7 cm³/mol. The molecule has 0 heterocycles. The van der Waals surface area contributed by atoms with E-state index in [9.17, 15) is 4.79 Å². The third kappa shape index (κ3) is 4.75. The lowest BCUT2D eigenvalue weighted by Gasteiger charge is -2.19. The van der Waals surface area contributed by atoms with E-state index in [1.807, 2.05) is 45.0 Å². The fraction of sp³-hybridized carbons (Fsp3) is 0.500. The van der Waals surface area contributed by atoms with Gasteiger partial charge in [0.15, 0.2) is 0 Å². The van der Waals surface area contributed by atoms with E-state index in [-0.39, 0.29) is 18.6 Å². The zero-order valence-corrected chi connectivity index (χ0v) is 11.4. The van der Waals surface area contributed by atoms with Crippen LogP contribution < -0.4 is 10.1 Å². The first-order chi connectivity index (χ1) is 8.52. The highest BCUT2D eigenvalue weighted by Gasteiger charge is 2.20. The fourth-order valence-electron chi connectivity index (χ4n) is 1.61. The Hall–Kier alpha value is -1.55. The highest BCUT2D eigenvalue weighted by atomic mass is 16.5. The normalized spacial score (nSPS) is 12.3. The number of carbonyl (C=O) groups is 1. The van der Waals surface area contributed by atoms with Gasteiger partial charge in [0.2, 0.25) is 0 Å². The predicted octanol–water partition coefficient (Wildman–Crippen LogP) is 1.91. The monoisotopic (exact) mass is 251 g/mol. The van der Waals surface area contributed by atoms with Crippen LogP contribution >= 0.6 is 0 Å². The van der Waals surface area contributed by atoms with Crippen molar-refractivity contribution in [2.24, 2.45) is 0 Å². The zero-order valence-electron chi connectivity index (χ0n) is 11.4. The van der Waals surface area contributed by atoms with Crippen molar-refractivity contribution in [3.8, 4) is 5.75 Å². The largest absolute Gasteiger partial charge is 0.491 e. The number of methoxy groups -OCH3 is 1. The van der Waals surface area contributed by atoms with Crippen molar-refractivity contribution in [1.82, 2.24) is 5.32 Å². The molecule has 1 rings (SSSR count). The highest BCUT2D eigenvalue weighted by molar-refractivity contribution is 5.75. The first kappa shape index (κ1) is 14.5. The number of carbonyl (C=O) groups excluding carboxylic acids is 1. The van der Waals surface area contributed by atoms with Crippen LogP contribution in [0.25, 0.3) is 0 Å². The highest BCUT2D eigenvalue weighted by Crippen LogP contribution is 2.12. The molecule has 0 radical (unpaired) electrons. The van der Waals surface area contributed by atoms with Gasteiger partial charge in [0, 0.05) is 6.04 Å². The Morgan fingerprint density at radius 2 is 2.11 bits per heavy atom. The first-order valence-corrected chi connectivity index (χ1v) is 6.06. The van der Waals surface area contributed by atoms with Crippen molar-refractivity contribution in [2.45, 2.75) is 32.9 Å².